The molecule has 0 spiro atoms. The van der Waals surface area contributed by atoms with Gasteiger partial charge in [-0.1, -0.05) is 13.8 Å². The average molecular weight is 279 g/mol. The lowest BCUT2D eigenvalue weighted by Crippen LogP contribution is -2.26. The van der Waals surface area contributed by atoms with Crippen molar-refractivity contribution in [2.24, 2.45) is 5.92 Å². The Labute approximate surface area is 117 Å². The van der Waals surface area contributed by atoms with Crippen LogP contribution >= 0.6 is 11.3 Å². The van der Waals surface area contributed by atoms with E-state index in [1.807, 2.05) is 0 Å². The van der Waals surface area contributed by atoms with Crippen molar-refractivity contribution >= 4 is 27.4 Å². The number of aliphatic hydroxyl groups is 1. The lowest BCUT2D eigenvalue weighted by Gasteiger charge is -2.19. The number of hydrogen-bond donors (Lipinski definition) is 2. The van der Waals surface area contributed by atoms with E-state index in [1.54, 1.807) is 17.7 Å². The Kier molecular flexibility index (Phi) is 4.37. The van der Waals surface area contributed by atoms with Crippen molar-refractivity contribution in [1.82, 2.24) is 9.97 Å². The van der Waals surface area contributed by atoms with E-state index >= 15 is 0 Å². The molecule has 0 radical (unpaired) electrons. The topological polar surface area (TPSA) is 58.0 Å². The van der Waals surface area contributed by atoms with E-state index in [9.17, 15) is 5.11 Å². The number of fused-ring (bicyclic) bond motifs is 1. The van der Waals surface area contributed by atoms with Crippen LogP contribution in [0, 0.1) is 19.8 Å². The molecule has 1 unspecified atom stereocenters. The highest BCUT2D eigenvalue weighted by Gasteiger charge is 2.15. The predicted octanol–water partition coefficient (Wildman–Crippen LogP) is 3.13. The Morgan fingerprint density at radius 1 is 1.32 bits per heavy atom. The van der Waals surface area contributed by atoms with Crippen molar-refractivity contribution in [3.63, 3.8) is 0 Å². The molecular formula is C14H21N3OS. The third-order valence-corrected chi connectivity index (χ3v) is 4.40. The molecule has 104 valence electrons. The zero-order valence-corrected chi connectivity index (χ0v) is 12.7. The third kappa shape index (κ3) is 3.04. The molecule has 0 aliphatic rings. The Bertz CT molecular complexity index is 565. The number of thiophene rings is 1. The summed E-state index contributed by atoms with van der Waals surface area (Å²) in [5.74, 6) is 1.37. The summed E-state index contributed by atoms with van der Waals surface area (Å²) in [6.07, 6.45) is 2.51. The molecule has 0 aliphatic heterocycles. The maximum Gasteiger partial charge on any atom is 0.138 e. The predicted molar refractivity (Wildman–Crippen MR) is 80.8 cm³/mol. The number of anilines is 1. The summed E-state index contributed by atoms with van der Waals surface area (Å²) in [4.78, 5) is 10.9. The fourth-order valence-electron chi connectivity index (χ4n) is 2.23. The van der Waals surface area contributed by atoms with Gasteiger partial charge < -0.3 is 10.4 Å². The van der Waals surface area contributed by atoms with Gasteiger partial charge in [-0.15, -0.1) is 11.3 Å². The molecule has 5 heteroatoms. The minimum Gasteiger partial charge on any atom is -0.394 e. The highest BCUT2D eigenvalue weighted by atomic mass is 32.1. The van der Waals surface area contributed by atoms with Gasteiger partial charge in [-0.25, -0.2) is 9.97 Å². The number of hydrogen-bond acceptors (Lipinski definition) is 5. The van der Waals surface area contributed by atoms with E-state index in [0.717, 1.165) is 22.5 Å². The number of nitrogens with one attached hydrogen (secondary N) is 1. The Hall–Kier alpha value is -1.20. The molecule has 0 bridgehead atoms. The maximum absolute atomic E-state index is 9.48. The molecule has 0 aromatic carbocycles. The van der Waals surface area contributed by atoms with Gasteiger partial charge in [0, 0.05) is 4.88 Å². The van der Waals surface area contributed by atoms with Crippen LogP contribution in [0.2, 0.25) is 0 Å². The molecule has 2 N–H and O–H groups in total. The SMILES string of the molecule is Cc1sc2ncnc(NC(CO)CC(C)C)c2c1C. The highest BCUT2D eigenvalue weighted by molar-refractivity contribution is 7.18. The Balaban J connectivity index is 2.34. The van der Waals surface area contributed by atoms with Crippen molar-refractivity contribution < 1.29 is 5.11 Å². The van der Waals surface area contributed by atoms with Gasteiger partial charge in [-0.2, -0.15) is 0 Å². The van der Waals surface area contributed by atoms with Crippen LogP contribution in [-0.4, -0.2) is 27.7 Å². The molecule has 0 saturated heterocycles. The van der Waals surface area contributed by atoms with Crippen molar-refractivity contribution in [2.45, 2.75) is 40.2 Å². The first-order chi connectivity index (χ1) is 9.02. The normalized spacial score (nSPS) is 13.2. The molecule has 0 amide bonds. The molecule has 2 rings (SSSR count). The highest BCUT2D eigenvalue weighted by Crippen LogP contribution is 2.32. The van der Waals surface area contributed by atoms with Gasteiger partial charge in [0.2, 0.25) is 0 Å². The van der Waals surface area contributed by atoms with Crippen LogP contribution in [0.4, 0.5) is 5.82 Å². The Morgan fingerprint density at radius 2 is 2.05 bits per heavy atom. The Morgan fingerprint density at radius 3 is 2.68 bits per heavy atom. The first-order valence-electron chi connectivity index (χ1n) is 6.61. The van der Waals surface area contributed by atoms with E-state index in [0.29, 0.717) is 5.92 Å². The van der Waals surface area contributed by atoms with Gasteiger partial charge >= 0.3 is 0 Å². The number of aryl methyl sites for hydroxylation is 2. The minimum absolute atomic E-state index is 0.0395. The second kappa shape index (κ2) is 5.84. The first-order valence-corrected chi connectivity index (χ1v) is 7.42. The van der Waals surface area contributed by atoms with E-state index in [2.05, 4.69) is 43.0 Å². The molecule has 0 fully saturated rings. The number of aliphatic hydroxyl groups excluding tert-OH is 1. The largest absolute Gasteiger partial charge is 0.394 e. The number of nitrogens with zero attached hydrogens (tertiary/aromatic N) is 2. The molecule has 1 atom stereocenters. The van der Waals surface area contributed by atoms with Crippen LogP contribution < -0.4 is 5.32 Å². The van der Waals surface area contributed by atoms with Crippen LogP contribution in [0.5, 0.6) is 0 Å². The van der Waals surface area contributed by atoms with Crippen molar-refractivity contribution in [3.05, 3.63) is 16.8 Å². The zero-order valence-electron chi connectivity index (χ0n) is 11.9. The molecule has 0 aliphatic carbocycles. The molecule has 4 nitrogen and oxygen atoms in total. The summed E-state index contributed by atoms with van der Waals surface area (Å²) in [6.45, 7) is 8.62. The van der Waals surface area contributed by atoms with Gasteiger partial charge in [0.15, 0.2) is 0 Å². The van der Waals surface area contributed by atoms with Gasteiger partial charge in [-0.3, -0.25) is 0 Å². The quantitative estimate of drug-likeness (QED) is 0.883. The lowest BCUT2D eigenvalue weighted by molar-refractivity contribution is 0.259. The van der Waals surface area contributed by atoms with Crippen LogP contribution in [0.3, 0.4) is 0 Å². The van der Waals surface area contributed by atoms with Crippen molar-refractivity contribution in [3.8, 4) is 0 Å². The van der Waals surface area contributed by atoms with E-state index in [1.165, 1.54) is 10.4 Å². The molecule has 2 heterocycles. The van der Waals surface area contributed by atoms with Gasteiger partial charge in [0.1, 0.15) is 17.0 Å². The molecule has 19 heavy (non-hydrogen) atoms. The van der Waals surface area contributed by atoms with E-state index in [4.69, 9.17) is 0 Å². The summed E-state index contributed by atoms with van der Waals surface area (Å²) in [6, 6.07) is 0.0395. The summed E-state index contributed by atoms with van der Waals surface area (Å²) < 4.78 is 0. The fourth-order valence-corrected chi connectivity index (χ4v) is 3.23. The van der Waals surface area contributed by atoms with E-state index < -0.39 is 0 Å². The van der Waals surface area contributed by atoms with Crippen LogP contribution in [0.15, 0.2) is 6.33 Å². The molecule has 2 aromatic heterocycles. The van der Waals surface area contributed by atoms with Crippen LogP contribution in [0.25, 0.3) is 10.2 Å². The van der Waals surface area contributed by atoms with Crippen LogP contribution in [0.1, 0.15) is 30.7 Å². The molecule has 2 aromatic rings. The molecule has 0 saturated carbocycles. The summed E-state index contributed by atoms with van der Waals surface area (Å²) in [7, 11) is 0. The second-order valence-corrected chi connectivity index (χ2v) is 6.54. The zero-order chi connectivity index (χ0) is 14.0. The third-order valence-electron chi connectivity index (χ3n) is 3.28. The van der Waals surface area contributed by atoms with Gasteiger partial charge in [-0.05, 0) is 31.7 Å². The van der Waals surface area contributed by atoms with Gasteiger partial charge in [0.25, 0.3) is 0 Å². The number of aromatic nitrogens is 2. The van der Waals surface area contributed by atoms with Crippen molar-refractivity contribution in [1.29, 1.82) is 0 Å². The fraction of sp³-hybridized carbons (Fsp3) is 0.571. The smallest absolute Gasteiger partial charge is 0.138 e. The van der Waals surface area contributed by atoms with Crippen molar-refractivity contribution in [2.75, 3.05) is 11.9 Å². The minimum atomic E-state index is 0.0395. The second-order valence-electron chi connectivity index (χ2n) is 5.34. The van der Waals surface area contributed by atoms with Crippen LogP contribution in [-0.2, 0) is 0 Å². The average Bonchev–Trinajstić information content (AvgIpc) is 2.65. The lowest BCUT2D eigenvalue weighted by atomic mass is 10.0. The van der Waals surface area contributed by atoms with Gasteiger partial charge in [0.05, 0.1) is 18.0 Å². The molecular weight excluding hydrogens is 258 g/mol. The summed E-state index contributed by atoms with van der Waals surface area (Å²) in [5, 5.41) is 13.9. The maximum atomic E-state index is 9.48. The summed E-state index contributed by atoms with van der Waals surface area (Å²) in [5.41, 5.74) is 1.23. The summed E-state index contributed by atoms with van der Waals surface area (Å²) >= 11 is 1.69. The number of rotatable bonds is 5. The van der Waals surface area contributed by atoms with E-state index in [-0.39, 0.29) is 12.6 Å². The monoisotopic (exact) mass is 279 g/mol. The first kappa shape index (κ1) is 14.2. The standard InChI is InChI=1S/C14H21N3OS/c1-8(2)5-11(6-18)17-13-12-9(3)10(4)19-14(12)16-7-15-13/h7-8,11,18H,5-6H2,1-4H3,(H,15,16,17).